The summed E-state index contributed by atoms with van der Waals surface area (Å²) >= 11 is 0. The number of ether oxygens (including phenoxy) is 1. The molecule has 0 saturated heterocycles. The van der Waals surface area contributed by atoms with Crippen LogP contribution in [0.2, 0.25) is 0 Å². The maximum atomic E-state index is 11.9. The molecule has 0 spiro atoms. The quantitative estimate of drug-likeness (QED) is 0.549. The first-order chi connectivity index (χ1) is 14.2. The minimum atomic E-state index is -3.65. The molecule has 0 aliphatic heterocycles. The fraction of sp³-hybridized carbons (Fsp3) is 0.167. The van der Waals surface area contributed by atoms with Crippen molar-refractivity contribution in [3.8, 4) is 11.4 Å². The van der Waals surface area contributed by atoms with Crippen LogP contribution < -0.4 is 10.0 Å². The van der Waals surface area contributed by atoms with Gasteiger partial charge >= 0.3 is 5.97 Å². The number of amides is 1. The van der Waals surface area contributed by atoms with Gasteiger partial charge in [0.05, 0.1) is 26.0 Å². The molecular formula is C18H18N6O5S. The van der Waals surface area contributed by atoms with Gasteiger partial charge in [-0.25, -0.2) is 17.9 Å². The van der Waals surface area contributed by atoms with Gasteiger partial charge in [0.25, 0.3) is 5.91 Å². The smallest absolute Gasteiger partial charge is 0.337 e. The first-order valence-corrected chi connectivity index (χ1v) is 10.4. The zero-order valence-corrected chi connectivity index (χ0v) is 17.1. The topological polar surface area (TPSA) is 145 Å². The molecular weight excluding hydrogens is 412 g/mol. The van der Waals surface area contributed by atoms with Crippen molar-refractivity contribution < 1.29 is 22.7 Å². The number of tetrazole rings is 1. The molecule has 30 heavy (non-hydrogen) atoms. The van der Waals surface area contributed by atoms with E-state index in [1.807, 2.05) is 4.72 Å². The van der Waals surface area contributed by atoms with Gasteiger partial charge in [0.2, 0.25) is 15.8 Å². The Balaban J connectivity index is 1.90. The molecule has 1 aromatic heterocycles. The van der Waals surface area contributed by atoms with E-state index in [4.69, 9.17) is 4.74 Å². The normalized spacial score (nSPS) is 11.0. The molecule has 2 N–H and O–H groups in total. The lowest BCUT2D eigenvalue weighted by atomic mass is 10.1. The minimum Gasteiger partial charge on any atom is -0.465 e. The Bertz CT molecular complexity index is 1200. The van der Waals surface area contributed by atoms with Gasteiger partial charge in [-0.3, -0.25) is 4.79 Å². The molecule has 156 valence electrons. The van der Waals surface area contributed by atoms with Gasteiger partial charge in [-0.2, -0.15) is 4.80 Å². The van der Waals surface area contributed by atoms with Gasteiger partial charge in [0.15, 0.2) is 0 Å². The Hall–Kier alpha value is -3.80. The van der Waals surface area contributed by atoms with Gasteiger partial charge in [-0.1, -0.05) is 0 Å². The number of hydrogen-bond donors (Lipinski definition) is 2. The monoisotopic (exact) mass is 430 g/mol. The number of carbonyl (C=O) groups excluding carboxylic acids is 2. The predicted molar refractivity (Wildman–Crippen MR) is 108 cm³/mol. The Morgan fingerprint density at radius 2 is 1.73 bits per heavy atom. The Morgan fingerprint density at radius 1 is 1.07 bits per heavy atom. The number of aromatic nitrogens is 4. The fourth-order valence-corrected chi connectivity index (χ4v) is 3.02. The third-order valence-electron chi connectivity index (χ3n) is 3.89. The van der Waals surface area contributed by atoms with E-state index >= 15 is 0 Å². The number of esters is 1. The van der Waals surface area contributed by atoms with Crippen molar-refractivity contribution in [2.24, 2.45) is 7.05 Å². The summed E-state index contributed by atoms with van der Waals surface area (Å²) in [6, 6.07) is 11.0. The summed E-state index contributed by atoms with van der Waals surface area (Å²) in [5.41, 5.74) is 2.22. The zero-order valence-electron chi connectivity index (χ0n) is 16.3. The van der Waals surface area contributed by atoms with Crippen LogP contribution in [0.5, 0.6) is 0 Å². The second kappa shape index (κ2) is 8.29. The van der Waals surface area contributed by atoms with Gasteiger partial charge in [0.1, 0.15) is 0 Å². The highest BCUT2D eigenvalue weighted by atomic mass is 32.2. The predicted octanol–water partition coefficient (Wildman–Crippen LogP) is 1.10. The molecule has 0 bridgehead atoms. The summed E-state index contributed by atoms with van der Waals surface area (Å²) in [5.74, 6) is -0.932. The maximum absolute atomic E-state index is 11.9. The van der Waals surface area contributed by atoms with Crippen LogP contribution in [0.3, 0.4) is 0 Å². The van der Waals surface area contributed by atoms with Crippen molar-refractivity contribution in [2.45, 2.75) is 0 Å². The third-order valence-corrected chi connectivity index (χ3v) is 4.45. The molecule has 1 heterocycles. The van der Waals surface area contributed by atoms with Crippen molar-refractivity contribution in [3.63, 3.8) is 0 Å². The molecule has 1 amide bonds. The fourth-order valence-electron chi connectivity index (χ4n) is 2.56. The van der Waals surface area contributed by atoms with E-state index in [0.29, 0.717) is 28.3 Å². The summed E-state index contributed by atoms with van der Waals surface area (Å²) in [7, 11) is -0.746. The number of sulfonamides is 1. The lowest BCUT2D eigenvalue weighted by Crippen LogP contribution is -2.29. The number of nitrogens with one attached hydrogen (secondary N) is 2. The number of carbonyl (C=O) groups is 2. The van der Waals surface area contributed by atoms with Crippen LogP contribution in [-0.2, 0) is 21.8 Å². The Kier molecular flexibility index (Phi) is 5.78. The first-order valence-electron chi connectivity index (χ1n) is 8.52. The second-order valence-electron chi connectivity index (χ2n) is 6.26. The van der Waals surface area contributed by atoms with Crippen LogP contribution in [0.1, 0.15) is 20.7 Å². The van der Waals surface area contributed by atoms with Gasteiger partial charge < -0.3 is 10.1 Å². The zero-order chi connectivity index (χ0) is 21.9. The van der Waals surface area contributed by atoms with Gasteiger partial charge in [-0.05, 0) is 47.7 Å². The van der Waals surface area contributed by atoms with Crippen LogP contribution in [0.15, 0.2) is 42.5 Å². The summed E-state index contributed by atoms with van der Waals surface area (Å²) in [5, 5.41) is 15.1. The number of nitrogens with zero attached hydrogens (tertiary/aromatic N) is 4. The van der Waals surface area contributed by atoms with Crippen molar-refractivity contribution in [1.82, 2.24) is 24.9 Å². The van der Waals surface area contributed by atoms with Crippen molar-refractivity contribution >= 4 is 33.3 Å². The molecule has 3 aromatic rings. The van der Waals surface area contributed by atoms with E-state index < -0.39 is 21.9 Å². The van der Waals surface area contributed by atoms with E-state index in [2.05, 4.69) is 20.7 Å². The summed E-state index contributed by atoms with van der Waals surface area (Å²) in [4.78, 5) is 25.1. The lowest BCUT2D eigenvalue weighted by molar-refractivity contribution is 0.0600. The summed E-state index contributed by atoms with van der Waals surface area (Å²) in [6.07, 6.45) is 0.904. The number of aryl methyl sites for hydroxylation is 1. The molecule has 3 rings (SSSR count). The molecule has 0 radical (unpaired) electrons. The van der Waals surface area contributed by atoms with E-state index in [0.717, 1.165) is 6.26 Å². The van der Waals surface area contributed by atoms with Crippen molar-refractivity contribution in [3.05, 3.63) is 53.6 Å². The van der Waals surface area contributed by atoms with E-state index in [9.17, 15) is 18.0 Å². The van der Waals surface area contributed by atoms with E-state index in [1.54, 1.807) is 37.4 Å². The van der Waals surface area contributed by atoms with Gasteiger partial charge in [-0.15, -0.1) is 10.2 Å². The molecule has 12 heteroatoms. The number of methoxy groups -OCH3 is 1. The van der Waals surface area contributed by atoms with E-state index in [-0.39, 0.29) is 5.56 Å². The summed E-state index contributed by atoms with van der Waals surface area (Å²) in [6.45, 7) is 0. The number of benzene rings is 2. The molecule has 11 nitrogen and oxygen atoms in total. The van der Waals surface area contributed by atoms with Crippen LogP contribution in [0.25, 0.3) is 11.4 Å². The van der Waals surface area contributed by atoms with E-state index in [1.165, 1.54) is 24.0 Å². The number of rotatable bonds is 6. The average molecular weight is 430 g/mol. The second-order valence-corrected chi connectivity index (χ2v) is 8.01. The minimum absolute atomic E-state index is 0.183. The molecule has 0 unspecified atom stereocenters. The Morgan fingerprint density at radius 3 is 2.30 bits per heavy atom. The highest BCUT2D eigenvalue weighted by molar-refractivity contribution is 7.89. The standard InChI is InChI=1S/C18H18N6O5S/c1-24-21-16(20-23-24)14-10-12(18(26)29-2)6-9-15(14)19-13-7-4-11(5-8-13)17(25)22-30(3,27)28/h4-10,19H,1-3H3,(H,22,25). The largest absolute Gasteiger partial charge is 0.465 e. The average Bonchev–Trinajstić information content (AvgIpc) is 3.13. The first kappa shape index (κ1) is 20.9. The molecule has 0 aliphatic carbocycles. The number of anilines is 2. The molecule has 0 saturated carbocycles. The SMILES string of the molecule is COC(=O)c1ccc(Nc2ccc(C(=O)NS(C)(=O)=O)cc2)c(-c2nnn(C)n2)c1. The highest BCUT2D eigenvalue weighted by Crippen LogP contribution is 2.29. The lowest BCUT2D eigenvalue weighted by Gasteiger charge is -2.12. The molecule has 0 fully saturated rings. The Labute approximate surface area is 172 Å². The highest BCUT2D eigenvalue weighted by Gasteiger charge is 2.16. The van der Waals surface area contributed by atoms with Crippen molar-refractivity contribution in [1.29, 1.82) is 0 Å². The molecule has 0 atom stereocenters. The number of hydrogen-bond acceptors (Lipinski definition) is 9. The van der Waals surface area contributed by atoms with Crippen LogP contribution in [-0.4, -0.2) is 53.9 Å². The molecule has 2 aromatic carbocycles. The maximum Gasteiger partial charge on any atom is 0.337 e. The third kappa shape index (κ3) is 4.97. The van der Waals surface area contributed by atoms with Crippen LogP contribution in [0.4, 0.5) is 11.4 Å². The van der Waals surface area contributed by atoms with Crippen molar-refractivity contribution in [2.75, 3.05) is 18.7 Å². The van der Waals surface area contributed by atoms with Crippen LogP contribution in [0, 0.1) is 0 Å². The van der Waals surface area contributed by atoms with Crippen LogP contribution >= 0.6 is 0 Å². The van der Waals surface area contributed by atoms with Gasteiger partial charge in [0, 0.05) is 22.5 Å². The molecule has 0 aliphatic rings. The summed E-state index contributed by atoms with van der Waals surface area (Å²) < 4.78 is 29.1.